The zero-order chi connectivity index (χ0) is 21.5. The van der Waals surface area contributed by atoms with Gasteiger partial charge in [0, 0.05) is 26.5 Å². The predicted octanol–water partition coefficient (Wildman–Crippen LogP) is 2.98. The molecule has 0 aliphatic heterocycles. The highest BCUT2D eigenvalue weighted by Crippen LogP contribution is 2.15. The van der Waals surface area contributed by atoms with Crippen LogP contribution in [0.3, 0.4) is 0 Å². The van der Waals surface area contributed by atoms with Gasteiger partial charge in [0.05, 0.1) is 17.5 Å². The second kappa shape index (κ2) is 10.0. The van der Waals surface area contributed by atoms with E-state index < -0.39 is 12.1 Å². The second-order valence-corrected chi connectivity index (χ2v) is 6.99. The summed E-state index contributed by atoms with van der Waals surface area (Å²) in [6.45, 7) is 2.62. The average Bonchev–Trinajstić information content (AvgIpc) is 2.75. The van der Waals surface area contributed by atoms with Crippen LogP contribution in [0.4, 0.5) is 0 Å². The predicted molar refractivity (Wildman–Crippen MR) is 114 cm³/mol. The summed E-state index contributed by atoms with van der Waals surface area (Å²) >= 11 is 0. The van der Waals surface area contributed by atoms with Crippen molar-refractivity contribution >= 4 is 16.9 Å². The third kappa shape index (κ3) is 5.24. The Morgan fingerprint density at radius 1 is 1.17 bits per heavy atom. The molecule has 7 heteroatoms. The molecule has 1 N–H and O–H groups in total. The van der Waals surface area contributed by atoms with Crippen LogP contribution in [0.2, 0.25) is 0 Å². The van der Waals surface area contributed by atoms with E-state index in [9.17, 15) is 14.7 Å². The number of benzene rings is 2. The summed E-state index contributed by atoms with van der Waals surface area (Å²) in [5, 5.41) is 9.80. The van der Waals surface area contributed by atoms with E-state index in [1.807, 2.05) is 42.5 Å². The zero-order valence-electron chi connectivity index (χ0n) is 17.2. The Hall–Kier alpha value is -3.19. The standard InChI is InChI=1S/C23H26N2O5/c1-3-29-20(23(27)28)15-16-10-12-17(13-11-16)30-14-6-9-21-24-19-8-5-4-7-18(19)22(26)25(21)2/h4-5,7-8,10-13,20H,3,6,9,14-15H2,1-2H3,(H,27,28). The summed E-state index contributed by atoms with van der Waals surface area (Å²) < 4.78 is 12.6. The largest absolute Gasteiger partial charge is 0.494 e. The van der Waals surface area contributed by atoms with E-state index in [1.54, 1.807) is 24.6 Å². The first kappa shape index (κ1) is 21.5. The van der Waals surface area contributed by atoms with Crippen molar-refractivity contribution in [3.05, 3.63) is 70.3 Å². The van der Waals surface area contributed by atoms with Crippen molar-refractivity contribution in [2.24, 2.45) is 7.05 Å². The topological polar surface area (TPSA) is 90.7 Å². The van der Waals surface area contributed by atoms with Crippen LogP contribution in [-0.2, 0) is 29.4 Å². The van der Waals surface area contributed by atoms with Gasteiger partial charge >= 0.3 is 5.97 Å². The number of aliphatic carboxylic acids is 1. The second-order valence-electron chi connectivity index (χ2n) is 6.99. The fraction of sp³-hybridized carbons (Fsp3) is 0.348. The van der Waals surface area contributed by atoms with E-state index in [-0.39, 0.29) is 5.56 Å². The van der Waals surface area contributed by atoms with Gasteiger partial charge in [-0.15, -0.1) is 0 Å². The van der Waals surface area contributed by atoms with Gasteiger partial charge in [0.1, 0.15) is 11.6 Å². The Morgan fingerprint density at radius 2 is 1.90 bits per heavy atom. The summed E-state index contributed by atoms with van der Waals surface area (Å²) in [5.41, 5.74) is 1.54. The number of carboxylic acids is 1. The molecule has 1 atom stereocenters. The molecule has 1 heterocycles. The quantitative estimate of drug-likeness (QED) is 0.517. The van der Waals surface area contributed by atoms with Crippen molar-refractivity contribution in [2.75, 3.05) is 13.2 Å². The van der Waals surface area contributed by atoms with Crippen molar-refractivity contribution in [3.63, 3.8) is 0 Å². The lowest BCUT2D eigenvalue weighted by atomic mass is 10.1. The van der Waals surface area contributed by atoms with Crippen molar-refractivity contribution in [1.29, 1.82) is 0 Å². The molecular weight excluding hydrogens is 384 g/mol. The first-order valence-corrected chi connectivity index (χ1v) is 10.0. The molecule has 7 nitrogen and oxygen atoms in total. The SMILES string of the molecule is CCOC(Cc1ccc(OCCCc2nc3ccccc3c(=O)n2C)cc1)C(=O)O. The molecule has 158 valence electrons. The Labute approximate surface area is 174 Å². The van der Waals surface area contributed by atoms with E-state index >= 15 is 0 Å². The van der Waals surface area contributed by atoms with Crippen molar-refractivity contribution < 1.29 is 19.4 Å². The minimum atomic E-state index is -0.964. The number of ether oxygens (including phenoxy) is 2. The summed E-state index contributed by atoms with van der Waals surface area (Å²) in [4.78, 5) is 28.2. The van der Waals surface area contributed by atoms with Gasteiger partial charge in [-0.25, -0.2) is 9.78 Å². The highest BCUT2D eigenvalue weighted by atomic mass is 16.5. The van der Waals surface area contributed by atoms with Crippen LogP contribution in [0.15, 0.2) is 53.3 Å². The number of para-hydroxylation sites is 1. The molecule has 1 unspecified atom stereocenters. The van der Waals surface area contributed by atoms with E-state index in [0.717, 1.165) is 11.4 Å². The molecule has 0 amide bonds. The Kier molecular flexibility index (Phi) is 7.19. The molecule has 3 aromatic rings. The van der Waals surface area contributed by atoms with E-state index in [1.165, 1.54) is 0 Å². The number of fused-ring (bicyclic) bond motifs is 1. The highest BCUT2D eigenvalue weighted by molar-refractivity contribution is 5.77. The van der Waals surface area contributed by atoms with Crippen LogP contribution in [-0.4, -0.2) is 39.9 Å². The highest BCUT2D eigenvalue weighted by Gasteiger charge is 2.17. The van der Waals surface area contributed by atoms with Gasteiger partial charge in [-0.1, -0.05) is 24.3 Å². The van der Waals surface area contributed by atoms with E-state index in [2.05, 4.69) is 4.98 Å². The van der Waals surface area contributed by atoms with Crippen LogP contribution < -0.4 is 10.3 Å². The number of aryl methyl sites for hydroxylation is 1. The molecule has 0 saturated carbocycles. The van der Waals surface area contributed by atoms with Crippen molar-refractivity contribution in [3.8, 4) is 5.75 Å². The first-order chi connectivity index (χ1) is 14.5. The molecule has 0 saturated heterocycles. The summed E-state index contributed by atoms with van der Waals surface area (Å²) in [6.07, 6.45) is 0.808. The average molecular weight is 410 g/mol. The van der Waals surface area contributed by atoms with Crippen LogP contribution >= 0.6 is 0 Å². The molecule has 0 aliphatic rings. The molecule has 0 fully saturated rings. The molecular formula is C23H26N2O5. The summed E-state index contributed by atoms with van der Waals surface area (Å²) in [7, 11) is 1.74. The third-order valence-electron chi connectivity index (χ3n) is 4.88. The monoisotopic (exact) mass is 410 g/mol. The molecule has 2 aromatic carbocycles. The number of hydrogen-bond donors (Lipinski definition) is 1. The Balaban J connectivity index is 1.53. The fourth-order valence-electron chi connectivity index (χ4n) is 3.26. The number of carboxylic acid groups (broad SMARTS) is 1. The van der Waals surface area contributed by atoms with Gasteiger partial charge < -0.3 is 14.6 Å². The summed E-state index contributed by atoms with van der Waals surface area (Å²) in [6, 6.07) is 14.7. The van der Waals surface area contributed by atoms with Crippen LogP contribution in [0.5, 0.6) is 5.75 Å². The normalized spacial score (nSPS) is 12.1. The zero-order valence-corrected chi connectivity index (χ0v) is 17.2. The molecule has 30 heavy (non-hydrogen) atoms. The van der Waals surface area contributed by atoms with Gasteiger partial charge in [0.25, 0.3) is 5.56 Å². The van der Waals surface area contributed by atoms with Gasteiger partial charge in [-0.3, -0.25) is 9.36 Å². The Bertz CT molecular complexity index is 1060. The maximum Gasteiger partial charge on any atom is 0.333 e. The van der Waals surface area contributed by atoms with Gasteiger partial charge in [-0.2, -0.15) is 0 Å². The smallest absolute Gasteiger partial charge is 0.333 e. The Morgan fingerprint density at radius 3 is 2.60 bits per heavy atom. The number of carbonyl (C=O) groups is 1. The van der Waals surface area contributed by atoms with Crippen LogP contribution in [0.1, 0.15) is 24.7 Å². The van der Waals surface area contributed by atoms with Crippen molar-refractivity contribution in [1.82, 2.24) is 9.55 Å². The van der Waals surface area contributed by atoms with Crippen LogP contribution in [0, 0.1) is 0 Å². The number of rotatable bonds is 10. The van der Waals surface area contributed by atoms with E-state index in [0.29, 0.717) is 49.1 Å². The molecule has 0 bridgehead atoms. The lowest BCUT2D eigenvalue weighted by Crippen LogP contribution is -2.26. The third-order valence-corrected chi connectivity index (χ3v) is 4.88. The minimum Gasteiger partial charge on any atom is -0.494 e. The summed E-state index contributed by atoms with van der Waals surface area (Å²) in [5.74, 6) is 0.476. The molecule has 0 aliphatic carbocycles. The van der Waals surface area contributed by atoms with Crippen LogP contribution in [0.25, 0.3) is 10.9 Å². The number of aromatic nitrogens is 2. The molecule has 0 radical (unpaired) electrons. The molecule has 1 aromatic heterocycles. The van der Waals surface area contributed by atoms with Gasteiger partial charge in [-0.05, 0) is 43.2 Å². The maximum absolute atomic E-state index is 12.4. The maximum atomic E-state index is 12.4. The van der Waals surface area contributed by atoms with E-state index in [4.69, 9.17) is 9.47 Å². The first-order valence-electron chi connectivity index (χ1n) is 10.0. The van der Waals surface area contributed by atoms with Gasteiger partial charge in [0.15, 0.2) is 6.10 Å². The number of nitrogens with zero attached hydrogens (tertiary/aromatic N) is 2. The molecule has 3 rings (SSSR count). The lowest BCUT2D eigenvalue weighted by Gasteiger charge is -2.13. The number of hydrogen-bond acceptors (Lipinski definition) is 5. The van der Waals surface area contributed by atoms with Crippen molar-refractivity contribution in [2.45, 2.75) is 32.3 Å². The lowest BCUT2D eigenvalue weighted by molar-refractivity contribution is -0.149. The fourth-order valence-corrected chi connectivity index (χ4v) is 3.26. The minimum absolute atomic E-state index is 0.0428. The molecule has 0 spiro atoms. The van der Waals surface area contributed by atoms with Gasteiger partial charge in [0.2, 0.25) is 0 Å².